The molecule has 7 nitrogen and oxygen atoms in total. The number of carbonyl (C=O) groups is 1. The van der Waals surface area contributed by atoms with Crippen LogP contribution >= 0.6 is 0 Å². The van der Waals surface area contributed by atoms with Gasteiger partial charge in [-0.05, 0) is 69.4 Å². The van der Waals surface area contributed by atoms with Gasteiger partial charge in [0.2, 0.25) is 0 Å². The van der Waals surface area contributed by atoms with Crippen molar-refractivity contribution in [1.82, 2.24) is 5.32 Å². The molecule has 7 heteroatoms. The zero-order chi connectivity index (χ0) is 24.1. The molecule has 5 rings (SSSR count). The van der Waals surface area contributed by atoms with Crippen LogP contribution in [0.25, 0.3) is 11.0 Å². The van der Waals surface area contributed by atoms with Crippen molar-refractivity contribution >= 4 is 16.9 Å². The summed E-state index contributed by atoms with van der Waals surface area (Å²) in [5.74, 6) is 0.901. The minimum absolute atomic E-state index is 0.0341. The summed E-state index contributed by atoms with van der Waals surface area (Å²) in [6.07, 6.45) is 8.88. The standard InChI is InChI=1S/C27H30N2O5/c1-4-16(2)25(31)34-26(3)10-5-6-20(17-9-11-29-23(28)13-17)27(26)15-19-12-18-7-8-24(30)32-21(18)14-22(19)33-27/h4,7-9,12-14,20,29H,5-6,10-11,15,28H2,1-3H3. The second kappa shape index (κ2) is 8.08. The SMILES string of the molecule is CC=C(C)C(=O)OC1(C)CCCC(C2=CCNC(N)=C2)C12Cc1cc3ccc(=O)oc3cc1O2. The summed E-state index contributed by atoms with van der Waals surface area (Å²) in [6, 6.07) is 6.97. The van der Waals surface area contributed by atoms with Gasteiger partial charge in [0, 0.05) is 42.0 Å². The molecular formula is C27H30N2O5. The molecule has 1 spiro atoms. The van der Waals surface area contributed by atoms with E-state index in [9.17, 15) is 9.59 Å². The lowest BCUT2D eigenvalue weighted by Gasteiger charge is -2.53. The fraction of sp³-hybridized carbons (Fsp3) is 0.407. The largest absolute Gasteiger partial charge is 0.482 e. The Bertz CT molecular complexity index is 1320. The normalized spacial score (nSPS) is 28.6. The lowest BCUT2D eigenvalue weighted by atomic mass is 9.61. The van der Waals surface area contributed by atoms with Crippen LogP contribution in [0.5, 0.6) is 5.75 Å². The van der Waals surface area contributed by atoms with Crippen LogP contribution in [0.2, 0.25) is 0 Å². The summed E-state index contributed by atoms with van der Waals surface area (Å²) in [6.45, 7) is 6.21. The molecule has 3 heterocycles. The first-order chi connectivity index (χ1) is 16.2. The molecule has 3 N–H and O–H groups in total. The molecule has 1 fully saturated rings. The minimum Gasteiger partial charge on any atom is -0.482 e. The van der Waals surface area contributed by atoms with Crippen LogP contribution < -0.4 is 21.4 Å². The van der Waals surface area contributed by atoms with E-state index in [-0.39, 0.29) is 11.9 Å². The Morgan fingerprint density at radius 2 is 2.15 bits per heavy atom. The summed E-state index contributed by atoms with van der Waals surface area (Å²) < 4.78 is 18.5. The van der Waals surface area contributed by atoms with Crippen LogP contribution in [0.3, 0.4) is 0 Å². The van der Waals surface area contributed by atoms with Gasteiger partial charge < -0.3 is 24.9 Å². The molecule has 0 bridgehead atoms. The van der Waals surface area contributed by atoms with Crippen LogP contribution in [0.1, 0.15) is 45.6 Å². The highest BCUT2D eigenvalue weighted by Gasteiger charge is 2.63. The number of nitrogens with one attached hydrogen (secondary N) is 1. The van der Waals surface area contributed by atoms with Gasteiger partial charge in [0.1, 0.15) is 16.9 Å². The molecule has 178 valence electrons. The van der Waals surface area contributed by atoms with Gasteiger partial charge in [0.25, 0.3) is 0 Å². The van der Waals surface area contributed by atoms with Crippen molar-refractivity contribution in [2.75, 3.05) is 6.54 Å². The summed E-state index contributed by atoms with van der Waals surface area (Å²) in [7, 11) is 0. The Morgan fingerprint density at radius 3 is 2.91 bits per heavy atom. The first kappa shape index (κ1) is 22.3. The smallest absolute Gasteiger partial charge is 0.336 e. The minimum atomic E-state index is -0.877. The number of allylic oxidation sites excluding steroid dienone is 2. The van der Waals surface area contributed by atoms with Crippen LogP contribution in [-0.4, -0.2) is 23.7 Å². The third-order valence-electron chi connectivity index (χ3n) is 7.59. The molecule has 1 aromatic heterocycles. The molecule has 3 atom stereocenters. The molecule has 1 aromatic carbocycles. The first-order valence-corrected chi connectivity index (χ1v) is 11.8. The molecule has 1 saturated carbocycles. The van der Waals surface area contributed by atoms with E-state index in [1.165, 1.54) is 6.07 Å². The maximum atomic E-state index is 13.0. The summed E-state index contributed by atoms with van der Waals surface area (Å²) in [5.41, 5.74) is 7.15. The third kappa shape index (κ3) is 3.50. The van der Waals surface area contributed by atoms with Gasteiger partial charge in [0.05, 0.1) is 5.82 Å². The van der Waals surface area contributed by atoms with Crippen molar-refractivity contribution < 1.29 is 18.7 Å². The molecule has 1 aliphatic carbocycles. The quantitative estimate of drug-likeness (QED) is 0.405. The van der Waals surface area contributed by atoms with Crippen molar-refractivity contribution in [3.63, 3.8) is 0 Å². The van der Waals surface area contributed by atoms with E-state index in [4.69, 9.17) is 19.6 Å². The third-order valence-corrected chi connectivity index (χ3v) is 7.59. The predicted octanol–water partition coefficient (Wildman–Crippen LogP) is 3.86. The lowest BCUT2D eigenvalue weighted by Crippen LogP contribution is -2.64. The highest BCUT2D eigenvalue weighted by molar-refractivity contribution is 5.88. The molecule has 0 saturated heterocycles. The summed E-state index contributed by atoms with van der Waals surface area (Å²) in [4.78, 5) is 24.8. The van der Waals surface area contributed by atoms with E-state index in [0.29, 0.717) is 42.1 Å². The molecule has 0 amide bonds. The monoisotopic (exact) mass is 462 g/mol. The van der Waals surface area contributed by atoms with Crippen LogP contribution in [0.15, 0.2) is 68.7 Å². The average Bonchev–Trinajstić information content (AvgIpc) is 3.18. The van der Waals surface area contributed by atoms with Crippen molar-refractivity contribution in [3.8, 4) is 5.75 Å². The average molecular weight is 463 g/mol. The number of benzene rings is 1. The fourth-order valence-corrected chi connectivity index (χ4v) is 5.63. The molecular weight excluding hydrogens is 432 g/mol. The van der Waals surface area contributed by atoms with Crippen molar-refractivity contribution in [3.05, 3.63) is 75.4 Å². The Hall–Kier alpha value is -3.48. The number of carbonyl (C=O) groups excluding carboxylic acids is 1. The Kier molecular flexibility index (Phi) is 5.30. The van der Waals surface area contributed by atoms with Crippen molar-refractivity contribution in [2.45, 2.75) is 57.7 Å². The molecule has 2 aliphatic heterocycles. The second-order valence-corrected chi connectivity index (χ2v) is 9.64. The van der Waals surface area contributed by atoms with E-state index in [2.05, 4.69) is 11.4 Å². The highest BCUT2D eigenvalue weighted by atomic mass is 16.6. The van der Waals surface area contributed by atoms with Gasteiger partial charge in [-0.25, -0.2) is 9.59 Å². The van der Waals surface area contributed by atoms with Crippen LogP contribution in [0.4, 0.5) is 0 Å². The maximum Gasteiger partial charge on any atom is 0.336 e. The number of esters is 1. The van der Waals surface area contributed by atoms with E-state index in [1.54, 1.807) is 25.1 Å². The number of rotatable bonds is 3. The Labute approximate surface area is 198 Å². The summed E-state index contributed by atoms with van der Waals surface area (Å²) >= 11 is 0. The number of ether oxygens (including phenoxy) is 2. The first-order valence-electron chi connectivity index (χ1n) is 11.8. The topological polar surface area (TPSA) is 104 Å². The number of hydrogen-bond acceptors (Lipinski definition) is 7. The van der Waals surface area contributed by atoms with Crippen LogP contribution in [-0.2, 0) is 16.0 Å². The van der Waals surface area contributed by atoms with Gasteiger partial charge in [-0.2, -0.15) is 0 Å². The number of dihydropyridines is 1. The van der Waals surface area contributed by atoms with E-state index in [1.807, 2.05) is 26.0 Å². The molecule has 2 aromatic rings. The van der Waals surface area contributed by atoms with Crippen LogP contribution in [0, 0.1) is 5.92 Å². The second-order valence-electron chi connectivity index (χ2n) is 9.64. The van der Waals surface area contributed by atoms with Gasteiger partial charge in [0.15, 0.2) is 5.60 Å². The predicted molar refractivity (Wildman–Crippen MR) is 129 cm³/mol. The maximum absolute atomic E-state index is 13.0. The van der Waals surface area contributed by atoms with Crippen molar-refractivity contribution in [1.29, 1.82) is 0 Å². The fourth-order valence-electron chi connectivity index (χ4n) is 5.63. The Morgan fingerprint density at radius 1 is 1.32 bits per heavy atom. The van der Waals surface area contributed by atoms with Gasteiger partial charge in [-0.1, -0.05) is 12.2 Å². The van der Waals surface area contributed by atoms with Gasteiger partial charge in [-0.3, -0.25) is 0 Å². The molecule has 34 heavy (non-hydrogen) atoms. The summed E-state index contributed by atoms with van der Waals surface area (Å²) in [5, 5.41) is 3.97. The van der Waals surface area contributed by atoms with E-state index < -0.39 is 16.8 Å². The van der Waals surface area contributed by atoms with E-state index >= 15 is 0 Å². The number of hydrogen-bond donors (Lipinski definition) is 2. The van der Waals surface area contributed by atoms with Gasteiger partial charge >= 0.3 is 11.6 Å². The zero-order valence-electron chi connectivity index (χ0n) is 19.8. The molecule has 3 unspecified atom stereocenters. The zero-order valence-corrected chi connectivity index (χ0v) is 19.8. The lowest BCUT2D eigenvalue weighted by molar-refractivity contribution is -0.198. The molecule has 3 aliphatic rings. The van der Waals surface area contributed by atoms with Gasteiger partial charge in [-0.15, -0.1) is 0 Å². The Balaban J connectivity index is 1.64. The number of nitrogens with two attached hydrogens (primary N) is 1. The van der Waals surface area contributed by atoms with Crippen molar-refractivity contribution in [2.24, 2.45) is 11.7 Å². The van der Waals surface area contributed by atoms with E-state index in [0.717, 1.165) is 29.4 Å². The highest BCUT2D eigenvalue weighted by Crippen LogP contribution is 2.55. The molecule has 0 radical (unpaired) electrons. The number of fused-ring (bicyclic) bond motifs is 2.